The summed E-state index contributed by atoms with van der Waals surface area (Å²) in [5, 5.41) is 3.28. The lowest BCUT2D eigenvalue weighted by atomic mass is 9.99. The van der Waals surface area contributed by atoms with Crippen LogP contribution in [0.4, 0.5) is 8.78 Å². The Hall–Kier alpha value is -2.01. The van der Waals surface area contributed by atoms with Crippen LogP contribution in [0.3, 0.4) is 0 Å². The number of benzene rings is 1. The Morgan fingerprint density at radius 3 is 2.57 bits per heavy atom. The van der Waals surface area contributed by atoms with Gasteiger partial charge >= 0.3 is 6.61 Å². The third-order valence-electron chi connectivity index (χ3n) is 3.12. The number of halogens is 2. The molecule has 0 aliphatic rings. The van der Waals surface area contributed by atoms with Gasteiger partial charge in [0.05, 0.1) is 6.04 Å². The number of nitrogens with zero attached hydrogens (tertiary/aromatic N) is 1. The van der Waals surface area contributed by atoms with Gasteiger partial charge in [-0.05, 0) is 31.2 Å². The van der Waals surface area contributed by atoms with E-state index in [-0.39, 0.29) is 11.8 Å². The highest BCUT2D eigenvalue weighted by molar-refractivity contribution is 5.41. The van der Waals surface area contributed by atoms with Crippen molar-refractivity contribution in [3.63, 3.8) is 0 Å². The molecule has 5 heteroatoms. The Morgan fingerprint density at radius 1 is 1.19 bits per heavy atom. The first-order chi connectivity index (χ1) is 10.1. The van der Waals surface area contributed by atoms with E-state index in [1.807, 2.05) is 26.0 Å². The summed E-state index contributed by atoms with van der Waals surface area (Å²) in [6.45, 7) is 1.72. The molecule has 3 nitrogen and oxygen atoms in total. The van der Waals surface area contributed by atoms with Crippen molar-refractivity contribution in [1.82, 2.24) is 10.3 Å². The predicted molar refractivity (Wildman–Crippen MR) is 77.6 cm³/mol. The maximum Gasteiger partial charge on any atom is 0.387 e. The summed E-state index contributed by atoms with van der Waals surface area (Å²) in [5.74, 6) is 0.180. The number of hydrogen-bond acceptors (Lipinski definition) is 3. The van der Waals surface area contributed by atoms with E-state index < -0.39 is 6.61 Å². The topological polar surface area (TPSA) is 34.2 Å². The third kappa shape index (κ3) is 3.98. The molecule has 21 heavy (non-hydrogen) atoms. The van der Waals surface area contributed by atoms with Gasteiger partial charge in [0.15, 0.2) is 0 Å². The van der Waals surface area contributed by atoms with Crippen LogP contribution < -0.4 is 10.1 Å². The molecule has 0 bridgehead atoms. The van der Waals surface area contributed by atoms with Gasteiger partial charge in [0.1, 0.15) is 5.75 Å². The van der Waals surface area contributed by atoms with E-state index in [0.717, 1.165) is 11.3 Å². The first-order valence-corrected chi connectivity index (χ1v) is 6.81. The smallest absolute Gasteiger partial charge is 0.387 e. The predicted octanol–water partition coefficient (Wildman–Crippen LogP) is 3.69. The SMILES string of the molecule is CCNC(c1ccc(C)nc1)c1ccccc1OC(F)F. The first-order valence-electron chi connectivity index (χ1n) is 6.81. The number of para-hydroxylation sites is 1. The Bertz CT molecular complexity index is 573. The number of pyridine rings is 1. The molecular formula is C16H18F2N2O. The van der Waals surface area contributed by atoms with E-state index in [4.69, 9.17) is 0 Å². The highest BCUT2D eigenvalue weighted by Gasteiger charge is 2.19. The molecule has 1 atom stereocenters. The molecule has 2 rings (SSSR count). The number of ether oxygens (including phenoxy) is 1. The summed E-state index contributed by atoms with van der Waals surface area (Å²) >= 11 is 0. The van der Waals surface area contributed by atoms with Crippen molar-refractivity contribution >= 4 is 0 Å². The molecule has 1 aromatic carbocycles. The normalized spacial score (nSPS) is 12.4. The van der Waals surface area contributed by atoms with Crippen LogP contribution in [-0.4, -0.2) is 18.1 Å². The van der Waals surface area contributed by atoms with Gasteiger partial charge in [-0.15, -0.1) is 0 Å². The van der Waals surface area contributed by atoms with Gasteiger partial charge < -0.3 is 10.1 Å². The van der Waals surface area contributed by atoms with Crippen LogP contribution in [0.5, 0.6) is 5.75 Å². The second-order valence-electron chi connectivity index (χ2n) is 4.64. The first kappa shape index (κ1) is 15.4. The second kappa shape index (κ2) is 7.13. The molecule has 0 fully saturated rings. The number of rotatable bonds is 6. The van der Waals surface area contributed by atoms with Gasteiger partial charge in [0.2, 0.25) is 0 Å². The Balaban J connectivity index is 2.40. The van der Waals surface area contributed by atoms with E-state index in [2.05, 4.69) is 15.0 Å². The lowest BCUT2D eigenvalue weighted by Crippen LogP contribution is -2.23. The van der Waals surface area contributed by atoms with Crippen LogP contribution in [0.1, 0.15) is 29.8 Å². The summed E-state index contributed by atoms with van der Waals surface area (Å²) < 4.78 is 29.7. The molecule has 1 aromatic heterocycles. The zero-order valence-electron chi connectivity index (χ0n) is 12.0. The molecular weight excluding hydrogens is 274 g/mol. The van der Waals surface area contributed by atoms with Crippen LogP contribution >= 0.6 is 0 Å². The average Bonchev–Trinajstić information content (AvgIpc) is 2.46. The Labute approximate surface area is 123 Å². The van der Waals surface area contributed by atoms with Crippen molar-refractivity contribution in [3.05, 3.63) is 59.4 Å². The van der Waals surface area contributed by atoms with Crippen molar-refractivity contribution in [2.75, 3.05) is 6.54 Å². The van der Waals surface area contributed by atoms with E-state index in [1.165, 1.54) is 0 Å². The minimum Gasteiger partial charge on any atom is -0.434 e. The molecule has 112 valence electrons. The molecule has 0 amide bonds. The van der Waals surface area contributed by atoms with E-state index in [1.54, 1.807) is 30.5 Å². The van der Waals surface area contributed by atoms with E-state index in [9.17, 15) is 8.78 Å². The molecule has 0 saturated carbocycles. The fraction of sp³-hybridized carbons (Fsp3) is 0.312. The van der Waals surface area contributed by atoms with Crippen LogP contribution in [-0.2, 0) is 0 Å². The van der Waals surface area contributed by atoms with E-state index >= 15 is 0 Å². The van der Waals surface area contributed by atoms with Gasteiger partial charge in [-0.2, -0.15) is 8.78 Å². The lowest BCUT2D eigenvalue weighted by molar-refractivity contribution is -0.0506. The minimum atomic E-state index is -2.84. The van der Waals surface area contributed by atoms with Crippen LogP contribution in [0.15, 0.2) is 42.6 Å². The van der Waals surface area contributed by atoms with Crippen molar-refractivity contribution < 1.29 is 13.5 Å². The number of aromatic nitrogens is 1. The Kier molecular flexibility index (Phi) is 5.22. The minimum absolute atomic E-state index is 0.180. The van der Waals surface area contributed by atoms with Crippen molar-refractivity contribution in [2.24, 2.45) is 0 Å². The number of hydrogen-bond donors (Lipinski definition) is 1. The highest BCUT2D eigenvalue weighted by atomic mass is 19.3. The monoisotopic (exact) mass is 292 g/mol. The number of aryl methyl sites for hydroxylation is 1. The number of alkyl halides is 2. The summed E-state index contributed by atoms with van der Waals surface area (Å²) in [4.78, 5) is 4.27. The summed E-state index contributed by atoms with van der Waals surface area (Å²) in [7, 11) is 0. The molecule has 1 N–H and O–H groups in total. The molecule has 2 aromatic rings. The fourth-order valence-corrected chi connectivity index (χ4v) is 2.18. The summed E-state index contributed by atoms with van der Waals surface area (Å²) in [5.41, 5.74) is 2.49. The van der Waals surface area contributed by atoms with Gasteiger partial charge in [0.25, 0.3) is 0 Å². The maximum absolute atomic E-state index is 12.6. The standard InChI is InChI=1S/C16H18F2N2O/c1-3-19-15(12-9-8-11(2)20-10-12)13-6-4-5-7-14(13)21-16(17)18/h4-10,15-16,19H,3H2,1-2H3. The molecule has 0 aliphatic heterocycles. The van der Waals surface area contributed by atoms with E-state index in [0.29, 0.717) is 12.1 Å². The number of nitrogens with one attached hydrogen (secondary N) is 1. The molecule has 0 aliphatic carbocycles. The summed E-state index contributed by atoms with van der Waals surface area (Å²) in [6, 6.07) is 10.4. The van der Waals surface area contributed by atoms with Crippen molar-refractivity contribution in [3.8, 4) is 5.75 Å². The molecule has 1 unspecified atom stereocenters. The molecule has 0 saturated heterocycles. The molecule has 0 spiro atoms. The van der Waals surface area contributed by atoms with Gasteiger partial charge in [-0.25, -0.2) is 0 Å². The summed E-state index contributed by atoms with van der Waals surface area (Å²) in [6.07, 6.45) is 1.75. The average molecular weight is 292 g/mol. The van der Waals surface area contributed by atoms with Crippen molar-refractivity contribution in [2.45, 2.75) is 26.5 Å². The maximum atomic E-state index is 12.6. The second-order valence-corrected chi connectivity index (χ2v) is 4.64. The molecule has 1 heterocycles. The largest absolute Gasteiger partial charge is 0.434 e. The van der Waals surface area contributed by atoms with Crippen LogP contribution in [0.2, 0.25) is 0 Å². The molecule has 0 radical (unpaired) electrons. The van der Waals surface area contributed by atoms with Gasteiger partial charge in [0, 0.05) is 17.5 Å². The lowest BCUT2D eigenvalue weighted by Gasteiger charge is -2.21. The van der Waals surface area contributed by atoms with Gasteiger partial charge in [-0.3, -0.25) is 4.98 Å². The van der Waals surface area contributed by atoms with Crippen molar-refractivity contribution in [1.29, 1.82) is 0 Å². The zero-order chi connectivity index (χ0) is 15.2. The third-order valence-corrected chi connectivity index (χ3v) is 3.12. The highest BCUT2D eigenvalue weighted by Crippen LogP contribution is 2.30. The van der Waals surface area contributed by atoms with Crippen LogP contribution in [0, 0.1) is 6.92 Å². The van der Waals surface area contributed by atoms with Gasteiger partial charge in [-0.1, -0.05) is 31.2 Å². The zero-order valence-corrected chi connectivity index (χ0v) is 12.0. The quantitative estimate of drug-likeness (QED) is 0.881. The fourth-order valence-electron chi connectivity index (χ4n) is 2.18. The Morgan fingerprint density at radius 2 is 1.95 bits per heavy atom. The van der Waals surface area contributed by atoms with Crippen LogP contribution in [0.25, 0.3) is 0 Å².